The Hall–Kier alpha value is -3.02. The van der Waals surface area contributed by atoms with Gasteiger partial charge in [0.15, 0.2) is 0 Å². The highest BCUT2D eigenvalue weighted by Gasteiger charge is 2.22. The molecule has 1 aliphatic carbocycles. The van der Waals surface area contributed by atoms with E-state index >= 15 is 0 Å². The lowest BCUT2D eigenvalue weighted by Gasteiger charge is -2.11. The average molecular weight is 335 g/mol. The van der Waals surface area contributed by atoms with Crippen LogP contribution in [0.5, 0.6) is 0 Å². The van der Waals surface area contributed by atoms with Crippen molar-refractivity contribution in [1.29, 1.82) is 0 Å². The van der Waals surface area contributed by atoms with Gasteiger partial charge < -0.3 is 10.6 Å². The SMILES string of the molecule is Fc1cccc(CNc2cc(-c3ccncc3)nc(NC3CC3)n2)c1. The van der Waals surface area contributed by atoms with Crippen molar-refractivity contribution in [3.63, 3.8) is 0 Å². The maximum Gasteiger partial charge on any atom is 0.225 e. The highest BCUT2D eigenvalue weighted by Crippen LogP contribution is 2.26. The minimum atomic E-state index is -0.240. The number of nitrogens with one attached hydrogen (secondary N) is 2. The summed E-state index contributed by atoms with van der Waals surface area (Å²) in [5, 5.41) is 6.59. The maximum atomic E-state index is 13.3. The van der Waals surface area contributed by atoms with E-state index in [0.29, 0.717) is 24.4 Å². The van der Waals surface area contributed by atoms with Crippen LogP contribution in [0.3, 0.4) is 0 Å². The lowest BCUT2D eigenvalue weighted by molar-refractivity contribution is 0.626. The summed E-state index contributed by atoms with van der Waals surface area (Å²) < 4.78 is 13.3. The molecule has 6 heteroatoms. The van der Waals surface area contributed by atoms with Crippen LogP contribution >= 0.6 is 0 Å². The van der Waals surface area contributed by atoms with Crippen molar-refractivity contribution in [2.45, 2.75) is 25.4 Å². The summed E-state index contributed by atoms with van der Waals surface area (Å²) in [7, 11) is 0. The van der Waals surface area contributed by atoms with Gasteiger partial charge in [-0.05, 0) is 42.7 Å². The number of anilines is 2. The summed E-state index contributed by atoms with van der Waals surface area (Å²) in [6.07, 6.45) is 5.78. The smallest absolute Gasteiger partial charge is 0.225 e. The Kier molecular flexibility index (Phi) is 4.24. The summed E-state index contributed by atoms with van der Waals surface area (Å²) in [6.45, 7) is 0.493. The number of benzene rings is 1. The molecule has 0 saturated heterocycles. The Morgan fingerprint density at radius 3 is 2.64 bits per heavy atom. The number of nitrogens with zero attached hydrogens (tertiary/aromatic N) is 3. The van der Waals surface area contributed by atoms with Gasteiger partial charge >= 0.3 is 0 Å². The zero-order chi connectivity index (χ0) is 17.1. The van der Waals surface area contributed by atoms with Crippen LogP contribution in [0.4, 0.5) is 16.2 Å². The summed E-state index contributed by atoms with van der Waals surface area (Å²) >= 11 is 0. The van der Waals surface area contributed by atoms with E-state index in [-0.39, 0.29) is 5.82 Å². The van der Waals surface area contributed by atoms with Crippen LogP contribution in [0.25, 0.3) is 11.3 Å². The quantitative estimate of drug-likeness (QED) is 0.716. The van der Waals surface area contributed by atoms with Crippen LogP contribution in [-0.4, -0.2) is 21.0 Å². The fraction of sp³-hybridized carbons (Fsp3) is 0.211. The molecule has 2 heterocycles. The third-order valence-electron chi connectivity index (χ3n) is 3.98. The molecule has 2 N–H and O–H groups in total. The lowest BCUT2D eigenvalue weighted by Crippen LogP contribution is -2.09. The fourth-order valence-corrected chi connectivity index (χ4v) is 2.52. The first kappa shape index (κ1) is 15.5. The third kappa shape index (κ3) is 4.09. The van der Waals surface area contributed by atoms with Crippen molar-refractivity contribution < 1.29 is 4.39 Å². The van der Waals surface area contributed by atoms with Crippen LogP contribution in [0.2, 0.25) is 0 Å². The second-order valence-corrected chi connectivity index (χ2v) is 6.10. The van der Waals surface area contributed by atoms with Crippen LogP contribution in [0.1, 0.15) is 18.4 Å². The average Bonchev–Trinajstić information content (AvgIpc) is 3.45. The standard InChI is InChI=1S/C19H18FN5/c20-15-3-1-2-13(10-15)12-22-18-11-17(14-6-8-21-9-7-14)24-19(25-18)23-16-4-5-16/h1-3,6-11,16H,4-5,12H2,(H2,22,23,24,25). The van der Waals surface area contributed by atoms with Crippen molar-refractivity contribution in [2.75, 3.05) is 10.6 Å². The summed E-state index contributed by atoms with van der Waals surface area (Å²) in [5.74, 6) is 1.07. The van der Waals surface area contributed by atoms with Crippen molar-refractivity contribution in [2.24, 2.45) is 0 Å². The van der Waals surface area contributed by atoms with E-state index in [2.05, 4.69) is 25.6 Å². The van der Waals surface area contributed by atoms with E-state index in [9.17, 15) is 4.39 Å². The van der Waals surface area contributed by atoms with E-state index in [4.69, 9.17) is 0 Å². The minimum Gasteiger partial charge on any atom is -0.366 e. The lowest BCUT2D eigenvalue weighted by atomic mass is 10.2. The Morgan fingerprint density at radius 1 is 1.04 bits per heavy atom. The van der Waals surface area contributed by atoms with E-state index in [1.807, 2.05) is 24.3 Å². The van der Waals surface area contributed by atoms with Crippen molar-refractivity contribution in [3.05, 3.63) is 66.2 Å². The number of hydrogen-bond acceptors (Lipinski definition) is 5. The number of hydrogen-bond donors (Lipinski definition) is 2. The molecule has 0 radical (unpaired) electrons. The van der Waals surface area contributed by atoms with E-state index in [0.717, 1.165) is 29.7 Å². The molecule has 2 aromatic heterocycles. The molecule has 1 aromatic carbocycles. The monoisotopic (exact) mass is 335 g/mol. The maximum absolute atomic E-state index is 13.3. The van der Waals surface area contributed by atoms with Gasteiger partial charge in [-0.3, -0.25) is 4.98 Å². The number of halogens is 1. The van der Waals surface area contributed by atoms with Gasteiger partial charge in [0.05, 0.1) is 5.69 Å². The van der Waals surface area contributed by atoms with E-state index < -0.39 is 0 Å². The van der Waals surface area contributed by atoms with E-state index in [1.165, 1.54) is 12.1 Å². The highest BCUT2D eigenvalue weighted by atomic mass is 19.1. The molecule has 126 valence electrons. The van der Waals surface area contributed by atoms with Gasteiger partial charge in [0.2, 0.25) is 5.95 Å². The molecule has 1 aliphatic rings. The van der Waals surface area contributed by atoms with Crippen LogP contribution in [0.15, 0.2) is 54.9 Å². The van der Waals surface area contributed by atoms with Crippen LogP contribution in [-0.2, 0) is 6.54 Å². The number of aromatic nitrogens is 3. The van der Waals surface area contributed by atoms with Gasteiger partial charge in [0, 0.05) is 36.6 Å². The molecular weight excluding hydrogens is 317 g/mol. The van der Waals surface area contributed by atoms with Crippen molar-refractivity contribution in [3.8, 4) is 11.3 Å². The first-order valence-corrected chi connectivity index (χ1v) is 8.30. The normalized spacial score (nSPS) is 13.5. The van der Waals surface area contributed by atoms with Crippen molar-refractivity contribution >= 4 is 11.8 Å². The van der Waals surface area contributed by atoms with Gasteiger partial charge in [0.1, 0.15) is 11.6 Å². The molecular formula is C19H18FN5. The molecule has 0 spiro atoms. The second kappa shape index (κ2) is 6.84. The molecule has 0 bridgehead atoms. The first-order chi connectivity index (χ1) is 12.3. The molecule has 0 unspecified atom stereocenters. The molecule has 4 rings (SSSR count). The Morgan fingerprint density at radius 2 is 1.88 bits per heavy atom. The molecule has 0 aliphatic heterocycles. The Balaban J connectivity index is 1.59. The summed E-state index contributed by atoms with van der Waals surface area (Å²) in [5.41, 5.74) is 2.66. The molecule has 3 aromatic rings. The predicted molar refractivity (Wildman–Crippen MR) is 95.6 cm³/mol. The second-order valence-electron chi connectivity index (χ2n) is 6.10. The number of rotatable bonds is 6. The fourth-order valence-electron chi connectivity index (χ4n) is 2.52. The highest BCUT2D eigenvalue weighted by molar-refractivity contribution is 5.64. The Bertz CT molecular complexity index is 865. The van der Waals surface area contributed by atoms with Gasteiger partial charge in [-0.15, -0.1) is 0 Å². The van der Waals surface area contributed by atoms with E-state index in [1.54, 1.807) is 18.5 Å². The predicted octanol–water partition coefficient (Wildman–Crippen LogP) is 3.86. The summed E-state index contributed by atoms with van der Waals surface area (Å²) in [6, 6.07) is 12.7. The minimum absolute atomic E-state index is 0.240. The topological polar surface area (TPSA) is 62.7 Å². The molecule has 1 saturated carbocycles. The Labute approximate surface area is 145 Å². The van der Waals surface area contributed by atoms with Crippen LogP contribution in [0, 0.1) is 5.82 Å². The molecule has 0 atom stereocenters. The van der Waals surface area contributed by atoms with Gasteiger partial charge in [-0.1, -0.05) is 12.1 Å². The molecule has 5 nitrogen and oxygen atoms in total. The largest absolute Gasteiger partial charge is 0.366 e. The van der Waals surface area contributed by atoms with Gasteiger partial charge in [0.25, 0.3) is 0 Å². The first-order valence-electron chi connectivity index (χ1n) is 8.30. The summed E-state index contributed by atoms with van der Waals surface area (Å²) in [4.78, 5) is 13.2. The molecule has 1 fully saturated rings. The number of pyridine rings is 1. The van der Waals surface area contributed by atoms with Crippen LogP contribution < -0.4 is 10.6 Å². The van der Waals surface area contributed by atoms with Gasteiger partial charge in [-0.25, -0.2) is 9.37 Å². The molecule has 25 heavy (non-hydrogen) atoms. The zero-order valence-corrected chi connectivity index (χ0v) is 13.6. The third-order valence-corrected chi connectivity index (χ3v) is 3.98. The van der Waals surface area contributed by atoms with Crippen molar-refractivity contribution in [1.82, 2.24) is 15.0 Å². The zero-order valence-electron chi connectivity index (χ0n) is 13.6. The van der Waals surface area contributed by atoms with Gasteiger partial charge in [-0.2, -0.15) is 4.98 Å². The molecule has 0 amide bonds.